The Hall–Kier alpha value is -2.04. The molecule has 0 aliphatic carbocycles. The predicted octanol–water partition coefficient (Wildman–Crippen LogP) is 1.02. The maximum atomic E-state index is 11.3. The Morgan fingerprint density at radius 3 is 2.65 bits per heavy atom. The Morgan fingerprint density at radius 1 is 1.41 bits per heavy atom. The summed E-state index contributed by atoms with van der Waals surface area (Å²) in [6.07, 6.45) is 0.0880. The van der Waals surface area contributed by atoms with Crippen LogP contribution in [0.5, 0.6) is 11.5 Å². The van der Waals surface area contributed by atoms with Crippen molar-refractivity contribution < 1.29 is 19.1 Å². The lowest BCUT2D eigenvalue weighted by molar-refractivity contribution is -0.126. The SMILES string of the molecule is CNC(=O)C(C)Oc1ccc(C=O)cc1OC. The zero-order chi connectivity index (χ0) is 12.8. The highest BCUT2D eigenvalue weighted by molar-refractivity contribution is 5.80. The summed E-state index contributed by atoms with van der Waals surface area (Å²) in [4.78, 5) is 21.9. The van der Waals surface area contributed by atoms with Gasteiger partial charge in [0.15, 0.2) is 17.6 Å². The number of carbonyl (C=O) groups excluding carboxylic acids is 2. The van der Waals surface area contributed by atoms with Crippen molar-refractivity contribution in [3.63, 3.8) is 0 Å². The van der Waals surface area contributed by atoms with E-state index in [1.165, 1.54) is 14.2 Å². The number of likely N-dealkylation sites (N-methyl/N-ethyl adjacent to an activating group) is 1. The van der Waals surface area contributed by atoms with Crippen LogP contribution in [-0.4, -0.2) is 32.5 Å². The summed E-state index contributed by atoms with van der Waals surface area (Å²) in [5, 5.41) is 2.48. The fourth-order valence-corrected chi connectivity index (χ4v) is 1.30. The van der Waals surface area contributed by atoms with Crippen molar-refractivity contribution in [1.29, 1.82) is 0 Å². The van der Waals surface area contributed by atoms with Gasteiger partial charge in [0.25, 0.3) is 5.91 Å². The molecule has 0 aromatic heterocycles. The standard InChI is InChI=1S/C12H15NO4/c1-8(12(15)13-2)17-10-5-4-9(7-14)6-11(10)16-3/h4-8H,1-3H3,(H,13,15). The first-order chi connectivity index (χ1) is 8.12. The van der Waals surface area contributed by atoms with Gasteiger partial charge in [0, 0.05) is 12.6 Å². The third-order valence-electron chi connectivity index (χ3n) is 2.24. The number of nitrogens with one attached hydrogen (secondary N) is 1. The van der Waals surface area contributed by atoms with E-state index in [1.807, 2.05) is 0 Å². The van der Waals surface area contributed by atoms with E-state index in [-0.39, 0.29) is 5.91 Å². The van der Waals surface area contributed by atoms with Crippen LogP contribution in [0.3, 0.4) is 0 Å². The van der Waals surface area contributed by atoms with Gasteiger partial charge in [-0.2, -0.15) is 0 Å². The number of methoxy groups -OCH3 is 1. The normalized spacial score (nSPS) is 11.5. The van der Waals surface area contributed by atoms with Crippen LogP contribution in [0, 0.1) is 0 Å². The lowest BCUT2D eigenvalue weighted by Crippen LogP contribution is -2.33. The first kappa shape index (κ1) is 13.0. The number of aldehydes is 1. The van der Waals surface area contributed by atoms with E-state index >= 15 is 0 Å². The second-order valence-electron chi connectivity index (χ2n) is 3.40. The van der Waals surface area contributed by atoms with Crippen LogP contribution in [0.15, 0.2) is 18.2 Å². The van der Waals surface area contributed by atoms with Crippen LogP contribution in [0.4, 0.5) is 0 Å². The summed E-state index contributed by atoms with van der Waals surface area (Å²) in [5.41, 5.74) is 0.488. The molecule has 5 nitrogen and oxygen atoms in total. The van der Waals surface area contributed by atoms with E-state index in [9.17, 15) is 9.59 Å². The Morgan fingerprint density at radius 2 is 2.12 bits per heavy atom. The number of ether oxygens (including phenoxy) is 2. The average Bonchev–Trinajstić information content (AvgIpc) is 2.37. The number of amides is 1. The lowest BCUT2D eigenvalue weighted by Gasteiger charge is -2.15. The van der Waals surface area contributed by atoms with Crippen molar-refractivity contribution in [2.75, 3.05) is 14.2 Å². The van der Waals surface area contributed by atoms with Crippen LogP contribution in [0.2, 0.25) is 0 Å². The van der Waals surface area contributed by atoms with Crippen molar-refractivity contribution in [3.8, 4) is 11.5 Å². The van der Waals surface area contributed by atoms with Gasteiger partial charge in [0.2, 0.25) is 0 Å². The molecular formula is C12H15NO4. The van der Waals surface area contributed by atoms with Crippen molar-refractivity contribution in [2.24, 2.45) is 0 Å². The monoisotopic (exact) mass is 237 g/mol. The molecule has 0 aliphatic heterocycles. The van der Waals surface area contributed by atoms with E-state index in [4.69, 9.17) is 9.47 Å². The molecule has 5 heteroatoms. The molecule has 0 spiro atoms. The van der Waals surface area contributed by atoms with Gasteiger partial charge < -0.3 is 14.8 Å². The molecule has 1 unspecified atom stereocenters. The molecule has 1 aromatic rings. The summed E-state index contributed by atoms with van der Waals surface area (Å²) < 4.78 is 10.5. The second-order valence-corrected chi connectivity index (χ2v) is 3.40. The zero-order valence-electron chi connectivity index (χ0n) is 10.0. The second kappa shape index (κ2) is 5.89. The molecule has 1 rings (SSSR count). The molecule has 92 valence electrons. The number of carbonyl (C=O) groups is 2. The van der Waals surface area contributed by atoms with Crippen molar-refractivity contribution >= 4 is 12.2 Å². The first-order valence-corrected chi connectivity index (χ1v) is 5.13. The van der Waals surface area contributed by atoms with Gasteiger partial charge in [-0.25, -0.2) is 0 Å². The van der Waals surface area contributed by atoms with E-state index in [0.29, 0.717) is 23.3 Å². The largest absolute Gasteiger partial charge is 0.493 e. The molecule has 1 amide bonds. The molecule has 1 N–H and O–H groups in total. The van der Waals surface area contributed by atoms with Gasteiger partial charge in [-0.15, -0.1) is 0 Å². The number of benzene rings is 1. The summed E-state index contributed by atoms with van der Waals surface area (Å²) in [5.74, 6) is 0.617. The maximum absolute atomic E-state index is 11.3. The van der Waals surface area contributed by atoms with Gasteiger partial charge in [0.05, 0.1) is 7.11 Å². The summed E-state index contributed by atoms with van der Waals surface area (Å²) >= 11 is 0. The number of hydrogen-bond acceptors (Lipinski definition) is 4. The quantitative estimate of drug-likeness (QED) is 0.776. The van der Waals surface area contributed by atoms with E-state index in [0.717, 1.165) is 0 Å². The molecule has 0 radical (unpaired) electrons. The highest BCUT2D eigenvalue weighted by atomic mass is 16.5. The number of hydrogen-bond donors (Lipinski definition) is 1. The average molecular weight is 237 g/mol. The van der Waals surface area contributed by atoms with Gasteiger partial charge in [0.1, 0.15) is 6.29 Å². The Bertz CT molecular complexity index is 417. The van der Waals surface area contributed by atoms with Gasteiger partial charge >= 0.3 is 0 Å². The van der Waals surface area contributed by atoms with Gasteiger partial charge in [-0.3, -0.25) is 9.59 Å². The van der Waals surface area contributed by atoms with E-state index in [1.54, 1.807) is 25.1 Å². The van der Waals surface area contributed by atoms with Crippen LogP contribution in [0.25, 0.3) is 0 Å². The molecule has 0 heterocycles. The molecule has 0 aliphatic rings. The molecule has 0 bridgehead atoms. The van der Waals surface area contributed by atoms with Crippen LogP contribution >= 0.6 is 0 Å². The first-order valence-electron chi connectivity index (χ1n) is 5.13. The molecular weight excluding hydrogens is 222 g/mol. The third-order valence-corrected chi connectivity index (χ3v) is 2.24. The minimum Gasteiger partial charge on any atom is -0.493 e. The molecule has 0 saturated heterocycles. The highest BCUT2D eigenvalue weighted by Gasteiger charge is 2.15. The highest BCUT2D eigenvalue weighted by Crippen LogP contribution is 2.28. The van der Waals surface area contributed by atoms with Crippen LogP contribution in [-0.2, 0) is 4.79 Å². The topological polar surface area (TPSA) is 64.6 Å². The van der Waals surface area contributed by atoms with Gasteiger partial charge in [-0.05, 0) is 25.1 Å². The van der Waals surface area contributed by atoms with E-state index < -0.39 is 6.10 Å². The Kier molecular flexibility index (Phi) is 4.51. The van der Waals surface area contributed by atoms with Gasteiger partial charge in [-0.1, -0.05) is 0 Å². The molecule has 1 atom stereocenters. The fraction of sp³-hybridized carbons (Fsp3) is 0.333. The zero-order valence-corrected chi connectivity index (χ0v) is 10.0. The third kappa shape index (κ3) is 3.21. The summed E-state index contributed by atoms with van der Waals surface area (Å²) in [6, 6.07) is 4.75. The predicted molar refractivity (Wildman–Crippen MR) is 62.5 cm³/mol. The minimum atomic E-state index is -0.629. The smallest absolute Gasteiger partial charge is 0.260 e. The van der Waals surface area contributed by atoms with Crippen molar-refractivity contribution in [3.05, 3.63) is 23.8 Å². The van der Waals surface area contributed by atoms with Crippen molar-refractivity contribution in [2.45, 2.75) is 13.0 Å². The maximum Gasteiger partial charge on any atom is 0.260 e. The number of rotatable bonds is 5. The summed E-state index contributed by atoms with van der Waals surface area (Å²) in [6.45, 7) is 1.63. The van der Waals surface area contributed by atoms with Crippen LogP contribution in [0.1, 0.15) is 17.3 Å². The molecule has 0 fully saturated rings. The minimum absolute atomic E-state index is 0.230. The molecule has 17 heavy (non-hydrogen) atoms. The molecule has 1 aromatic carbocycles. The lowest BCUT2D eigenvalue weighted by atomic mass is 10.2. The Balaban J connectivity index is 2.90. The van der Waals surface area contributed by atoms with Crippen LogP contribution < -0.4 is 14.8 Å². The molecule has 0 saturated carbocycles. The van der Waals surface area contributed by atoms with E-state index in [2.05, 4.69) is 5.32 Å². The fourth-order valence-electron chi connectivity index (χ4n) is 1.30. The summed E-state index contributed by atoms with van der Waals surface area (Å²) in [7, 11) is 3.01. The Labute approximate surface area is 99.7 Å². The van der Waals surface area contributed by atoms with Crippen molar-refractivity contribution in [1.82, 2.24) is 5.32 Å².